The summed E-state index contributed by atoms with van der Waals surface area (Å²) in [7, 11) is 1.58. The highest BCUT2D eigenvalue weighted by molar-refractivity contribution is 5.65. The van der Waals surface area contributed by atoms with Crippen LogP contribution in [0.15, 0.2) is 42.9 Å². The average molecular weight is 397 g/mol. The molecule has 0 aliphatic heterocycles. The maximum atomic E-state index is 14.2. The molecule has 1 saturated carbocycles. The van der Waals surface area contributed by atoms with Gasteiger partial charge in [-0.15, -0.1) is 0 Å². The summed E-state index contributed by atoms with van der Waals surface area (Å²) in [5.74, 6) is 0.585. The smallest absolute Gasteiger partial charge is 0.222 e. The largest absolute Gasteiger partial charge is 0.494 e. The zero-order valence-corrected chi connectivity index (χ0v) is 16.2. The molecule has 150 valence electrons. The Labute approximate surface area is 167 Å². The van der Waals surface area contributed by atoms with Gasteiger partial charge in [-0.1, -0.05) is 0 Å². The molecule has 3 aromatic heterocycles. The number of rotatable bonds is 6. The van der Waals surface area contributed by atoms with Gasteiger partial charge in [0, 0.05) is 41.8 Å². The number of pyridine rings is 2. The summed E-state index contributed by atoms with van der Waals surface area (Å²) in [6.45, 7) is 2.19. The van der Waals surface area contributed by atoms with E-state index < -0.39 is 17.4 Å². The minimum absolute atomic E-state index is 0.219. The predicted molar refractivity (Wildman–Crippen MR) is 105 cm³/mol. The first-order valence-electron chi connectivity index (χ1n) is 9.34. The number of nitrogens with zero attached hydrogens (tertiary/aromatic N) is 4. The van der Waals surface area contributed by atoms with Crippen LogP contribution in [0.4, 0.5) is 14.7 Å². The van der Waals surface area contributed by atoms with Crippen LogP contribution in [0.25, 0.3) is 11.3 Å². The van der Waals surface area contributed by atoms with Crippen LogP contribution in [-0.4, -0.2) is 39.8 Å². The Bertz CT molecular complexity index is 1010. The normalized spacial score (nSPS) is 20.8. The number of alkyl halides is 1. The van der Waals surface area contributed by atoms with Gasteiger partial charge in [0.05, 0.1) is 12.8 Å². The molecule has 0 atom stereocenters. The van der Waals surface area contributed by atoms with E-state index in [-0.39, 0.29) is 18.5 Å². The molecule has 1 aliphatic rings. The van der Waals surface area contributed by atoms with Gasteiger partial charge < -0.3 is 10.1 Å². The summed E-state index contributed by atoms with van der Waals surface area (Å²) in [5.41, 5.74) is 1.81. The Balaban J connectivity index is 1.52. The Morgan fingerprint density at radius 1 is 1.17 bits per heavy atom. The second-order valence-corrected chi connectivity index (χ2v) is 7.27. The maximum absolute atomic E-state index is 14.2. The van der Waals surface area contributed by atoms with E-state index in [0.717, 1.165) is 5.69 Å². The first-order chi connectivity index (χ1) is 14.0. The lowest BCUT2D eigenvalue weighted by Crippen LogP contribution is -2.49. The fraction of sp³-hybridized carbons (Fsp3) is 0.333. The fourth-order valence-electron chi connectivity index (χ4n) is 3.69. The highest BCUT2D eigenvalue weighted by atomic mass is 19.1. The van der Waals surface area contributed by atoms with Crippen LogP contribution in [-0.2, 0) is 5.41 Å². The zero-order valence-electron chi connectivity index (χ0n) is 16.2. The van der Waals surface area contributed by atoms with E-state index in [1.807, 2.05) is 19.1 Å². The quantitative estimate of drug-likeness (QED) is 0.681. The van der Waals surface area contributed by atoms with E-state index in [9.17, 15) is 8.78 Å². The Kier molecular flexibility index (Phi) is 5.08. The van der Waals surface area contributed by atoms with Crippen molar-refractivity contribution in [3.05, 3.63) is 60.1 Å². The number of nitrogens with one attached hydrogen (secondary N) is 1. The van der Waals surface area contributed by atoms with Crippen LogP contribution in [0, 0.1) is 12.7 Å². The number of ether oxygens (including phenoxy) is 1. The molecule has 1 fully saturated rings. The highest BCUT2D eigenvalue weighted by Crippen LogP contribution is 2.45. The molecule has 3 aromatic rings. The van der Waals surface area contributed by atoms with E-state index in [0.29, 0.717) is 29.5 Å². The third-order valence-corrected chi connectivity index (χ3v) is 5.21. The average Bonchev–Trinajstić information content (AvgIpc) is 2.71. The summed E-state index contributed by atoms with van der Waals surface area (Å²) in [6.07, 6.45) is 4.30. The summed E-state index contributed by atoms with van der Waals surface area (Å²) in [5, 5.41) is 3.11. The van der Waals surface area contributed by atoms with Crippen molar-refractivity contribution in [2.45, 2.75) is 31.4 Å². The lowest BCUT2D eigenvalue weighted by atomic mass is 9.65. The van der Waals surface area contributed by atoms with Crippen LogP contribution in [0.2, 0.25) is 0 Å². The second kappa shape index (κ2) is 7.69. The third kappa shape index (κ3) is 3.74. The van der Waals surface area contributed by atoms with Crippen molar-refractivity contribution in [2.75, 3.05) is 19.0 Å². The van der Waals surface area contributed by atoms with Gasteiger partial charge in [-0.05, 0) is 44.0 Å². The van der Waals surface area contributed by atoms with E-state index in [1.54, 1.807) is 19.5 Å². The van der Waals surface area contributed by atoms with E-state index in [2.05, 4.69) is 25.3 Å². The van der Waals surface area contributed by atoms with Crippen LogP contribution < -0.4 is 10.1 Å². The molecule has 0 radical (unpaired) electrons. The standard InChI is InChI=1S/C21H21F2N5O/c1-13-5-6-17(29-2)18(28-13)14-10-25-20(26-11-14)27-12-21(8-15(22)9-21)19-16(23)4-3-7-24-19/h3-7,10-11,15H,8-9,12H2,1-2H3,(H,25,26,27). The van der Waals surface area contributed by atoms with Crippen LogP contribution in [0.1, 0.15) is 24.2 Å². The number of methoxy groups -OCH3 is 1. The Morgan fingerprint density at radius 2 is 1.93 bits per heavy atom. The van der Waals surface area contributed by atoms with Crippen LogP contribution in [0.3, 0.4) is 0 Å². The molecule has 0 unspecified atom stereocenters. The molecule has 3 heterocycles. The summed E-state index contributed by atoms with van der Waals surface area (Å²) >= 11 is 0. The topological polar surface area (TPSA) is 72.8 Å². The Hall–Kier alpha value is -3.16. The van der Waals surface area contributed by atoms with Crippen LogP contribution in [0.5, 0.6) is 5.75 Å². The number of hydrogen-bond donors (Lipinski definition) is 1. The van der Waals surface area contributed by atoms with Gasteiger partial charge in [-0.3, -0.25) is 4.98 Å². The molecule has 6 nitrogen and oxygen atoms in total. The molecule has 1 N–H and O–H groups in total. The molecule has 0 aromatic carbocycles. The van der Waals surface area contributed by atoms with Gasteiger partial charge in [0.25, 0.3) is 0 Å². The van der Waals surface area contributed by atoms with Crippen molar-refractivity contribution >= 4 is 5.95 Å². The first-order valence-corrected chi connectivity index (χ1v) is 9.34. The molecule has 8 heteroatoms. The fourth-order valence-corrected chi connectivity index (χ4v) is 3.69. The second-order valence-electron chi connectivity index (χ2n) is 7.27. The van der Waals surface area contributed by atoms with Gasteiger partial charge in [0.2, 0.25) is 5.95 Å². The van der Waals surface area contributed by atoms with Crippen molar-refractivity contribution < 1.29 is 13.5 Å². The molecule has 0 spiro atoms. The number of halogens is 2. The Morgan fingerprint density at radius 3 is 2.59 bits per heavy atom. The molecular formula is C21H21F2N5O. The van der Waals surface area contributed by atoms with Crippen molar-refractivity contribution in [1.82, 2.24) is 19.9 Å². The number of anilines is 1. The van der Waals surface area contributed by atoms with Gasteiger partial charge in [-0.25, -0.2) is 23.7 Å². The monoisotopic (exact) mass is 397 g/mol. The minimum Gasteiger partial charge on any atom is -0.494 e. The molecule has 0 amide bonds. The summed E-state index contributed by atoms with van der Waals surface area (Å²) in [6, 6.07) is 6.59. The lowest BCUT2D eigenvalue weighted by Gasteiger charge is -2.43. The number of hydrogen-bond acceptors (Lipinski definition) is 6. The molecule has 4 rings (SSSR count). The van der Waals surface area contributed by atoms with Gasteiger partial charge in [0.1, 0.15) is 23.4 Å². The molecule has 1 aliphatic carbocycles. The van der Waals surface area contributed by atoms with E-state index in [1.165, 1.54) is 18.3 Å². The first kappa shape index (κ1) is 19.2. The lowest BCUT2D eigenvalue weighted by molar-refractivity contribution is 0.0963. The predicted octanol–water partition coefficient (Wildman–Crippen LogP) is 3.87. The number of aromatic nitrogens is 4. The zero-order chi connectivity index (χ0) is 20.4. The van der Waals surface area contributed by atoms with E-state index >= 15 is 0 Å². The molecule has 29 heavy (non-hydrogen) atoms. The summed E-state index contributed by atoms with van der Waals surface area (Å²) in [4.78, 5) is 17.3. The number of aryl methyl sites for hydroxylation is 1. The van der Waals surface area contributed by atoms with E-state index in [4.69, 9.17) is 4.74 Å². The van der Waals surface area contributed by atoms with Gasteiger partial charge >= 0.3 is 0 Å². The maximum Gasteiger partial charge on any atom is 0.222 e. The minimum atomic E-state index is -0.957. The molecule has 0 bridgehead atoms. The van der Waals surface area contributed by atoms with Crippen molar-refractivity contribution in [3.63, 3.8) is 0 Å². The molecule has 0 saturated heterocycles. The van der Waals surface area contributed by atoms with Gasteiger partial charge in [0.15, 0.2) is 0 Å². The third-order valence-electron chi connectivity index (χ3n) is 5.21. The van der Waals surface area contributed by atoms with Crippen molar-refractivity contribution in [1.29, 1.82) is 0 Å². The van der Waals surface area contributed by atoms with Gasteiger partial charge in [-0.2, -0.15) is 0 Å². The summed E-state index contributed by atoms with van der Waals surface area (Å²) < 4.78 is 33.3. The van der Waals surface area contributed by atoms with Crippen LogP contribution >= 0.6 is 0 Å². The molecular weight excluding hydrogens is 376 g/mol. The SMILES string of the molecule is COc1ccc(C)nc1-c1cnc(NCC2(c3ncccc3F)CC(F)C2)nc1. The highest BCUT2D eigenvalue weighted by Gasteiger charge is 2.48. The van der Waals surface area contributed by atoms with Crippen molar-refractivity contribution in [2.24, 2.45) is 0 Å². The van der Waals surface area contributed by atoms with Crippen molar-refractivity contribution in [3.8, 4) is 17.0 Å².